The lowest BCUT2D eigenvalue weighted by Gasteiger charge is -2.27. The Hall–Kier alpha value is -2.86. The minimum atomic E-state index is -3.92. The average molecular weight is 410 g/mol. The van der Waals surface area contributed by atoms with Gasteiger partial charge in [0.25, 0.3) is 10.0 Å². The Morgan fingerprint density at radius 1 is 1.17 bits per heavy atom. The zero-order valence-electron chi connectivity index (χ0n) is 16.1. The molecule has 7 nitrogen and oxygen atoms in total. The molecule has 1 saturated heterocycles. The first-order chi connectivity index (χ1) is 14.0. The van der Waals surface area contributed by atoms with E-state index in [1.165, 1.54) is 16.1 Å². The number of nitriles is 1. The summed E-state index contributed by atoms with van der Waals surface area (Å²) in [6.45, 7) is 4.47. The Bertz CT molecular complexity index is 1190. The molecular weight excluding hydrogens is 388 g/mol. The summed E-state index contributed by atoms with van der Waals surface area (Å²) < 4.78 is 33.4. The maximum absolute atomic E-state index is 13.3. The van der Waals surface area contributed by atoms with Gasteiger partial charge in [0.2, 0.25) is 0 Å². The van der Waals surface area contributed by atoms with Gasteiger partial charge in [-0.05, 0) is 29.8 Å². The van der Waals surface area contributed by atoms with Crippen LogP contribution in [0.1, 0.15) is 11.1 Å². The highest BCUT2D eigenvalue weighted by atomic mass is 32.2. The molecule has 0 unspecified atom stereocenters. The van der Waals surface area contributed by atoms with Gasteiger partial charge in [-0.25, -0.2) is 12.4 Å². The predicted molar refractivity (Wildman–Crippen MR) is 110 cm³/mol. The molecule has 150 valence electrons. The molecule has 3 aromatic rings. The van der Waals surface area contributed by atoms with E-state index in [0.29, 0.717) is 17.8 Å². The highest BCUT2D eigenvalue weighted by Gasteiger charge is 2.24. The zero-order valence-corrected chi connectivity index (χ0v) is 16.9. The molecule has 4 rings (SSSR count). The van der Waals surface area contributed by atoms with Gasteiger partial charge in [-0.2, -0.15) is 5.26 Å². The van der Waals surface area contributed by atoms with Gasteiger partial charge in [-0.3, -0.25) is 4.90 Å². The SMILES string of the molecule is COc1cc(CN2CCNCC2)c2ccn(S(=O)(=O)c3ccccc3C#N)c2c1. The third-order valence-corrected chi connectivity index (χ3v) is 6.96. The van der Waals surface area contributed by atoms with Crippen LogP contribution in [0.15, 0.2) is 53.6 Å². The van der Waals surface area contributed by atoms with Gasteiger partial charge in [0.15, 0.2) is 0 Å². The highest BCUT2D eigenvalue weighted by Crippen LogP contribution is 2.31. The van der Waals surface area contributed by atoms with Crippen LogP contribution in [-0.2, 0) is 16.6 Å². The standard InChI is InChI=1S/C21H22N4O3S/c1-28-18-12-17(15-24-10-7-23-8-11-24)19-6-9-25(20(19)13-18)29(26,27)21-5-3-2-4-16(21)14-22/h2-6,9,12-13,23H,7-8,10-11,15H2,1H3. The monoisotopic (exact) mass is 410 g/mol. The number of hydrogen-bond acceptors (Lipinski definition) is 6. The fraction of sp³-hybridized carbons (Fsp3) is 0.286. The van der Waals surface area contributed by atoms with Crippen LogP contribution in [-0.4, -0.2) is 50.6 Å². The Kier molecular flexibility index (Phi) is 5.28. The van der Waals surface area contributed by atoms with Crippen molar-refractivity contribution >= 4 is 20.9 Å². The molecule has 0 aliphatic carbocycles. The second-order valence-corrected chi connectivity index (χ2v) is 8.75. The van der Waals surface area contributed by atoms with E-state index >= 15 is 0 Å². The van der Waals surface area contributed by atoms with Crippen LogP contribution in [0.4, 0.5) is 0 Å². The van der Waals surface area contributed by atoms with Crippen molar-refractivity contribution in [1.82, 2.24) is 14.2 Å². The van der Waals surface area contributed by atoms with E-state index in [0.717, 1.165) is 37.1 Å². The molecule has 2 heterocycles. The number of hydrogen-bond donors (Lipinski definition) is 1. The van der Waals surface area contributed by atoms with Crippen molar-refractivity contribution in [3.05, 3.63) is 59.8 Å². The van der Waals surface area contributed by atoms with Crippen LogP contribution in [0.3, 0.4) is 0 Å². The Balaban J connectivity index is 1.84. The van der Waals surface area contributed by atoms with Crippen LogP contribution < -0.4 is 10.1 Å². The van der Waals surface area contributed by atoms with Gasteiger partial charge in [0.05, 0.1) is 18.2 Å². The van der Waals surface area contributed by atoms with Crippen LogP contribution in [0, 0.1) is 11.3 Å². The molecule has 1 fully saturated rings. The van der Waals surface area contributed by atoms with E-state index in [1.807, 2.05) is 18.2 Å². The maximum atomic E-state index is 13.3. The Morgan fingerprint density at radius 2 is 1.93 bits per heavy atom. The second kappa shape index (κ2) is 7.87. The fourth-order valence-electron chi connectivity index (χ4n) is 3.72. The summed E-state index contributed by atoms with van der Waals surface area (Å²) in [4.78, 5) is 2.33. The van der Waals surface area contributed by atoms with Crippen molar-refractivity contribution in [2.45, 2.75) is 11.4 Å². The van der Waals surface area contributed by atoms with Crippen LogP contribution in [0.2, 0.25) is 0 Å². The maximum Gasteiger partial charge on any atom is 0.269 e. The van der Waals surface area contributed by atoms with Gasteiger partial charge in [0, 0.05) is 50.4 Å². The lowest BCUT2D eigenvalue weighted by Crippen LogP contribution is -2.42. The molecule has 2 aromatic carbocycles. The third-order valence-electron chi connectivity index (χ3n) is 5.22. The van der Waals surface area contributed by atoms with Crippen LogP contribution in [0.25, 0.3) is 10.9 Å². The Labute approximate surface area is 170 Å². The van der Waals surface area contributed by atoms with Crippen LogP contribution >= 0.6 is 0 Å². The van der Waals surface area contributed by atoms with Crippen LogP contribution in [0.5, 0.6) is 5.75 Å². The van der Waals surface area contributed by atoms with Crippen molar-refractivity contribution in [1.29, 1.82) is 5.26 Å². The molecule has 1 aliphatic rings. The molecule has 29 heavy (non-hydrogen) atoms. The molecule has 0 bridgehead atoms. The fourth-order valence-corrected chi connectivity index (χ4v) is 5.21. The van der Waals surface area contributed by atoms with Gasteiger partial charge < -0.3 is 10.1 Å². The summed E-state index contributed by atoms with van der Waals surface area (Å²) in [6.07, 6.45) is 1.55. The molecular formula is C21H22N4O3S. The highest BCUT2D eigenvalue weighted by molar-refractivity contribution is 7.90. The lowest BCUT2D eigenvalue weighted by molar-refractivity contribution is 0.234. The number of ether oxygens (including phenoxy) is 1. The molecule has 1 aliphatic heterocycles. The number of fused-ring (bicyclic) bond motifs is 1. The number of nitrogens with zero attached hydrogens (tertiary/aromatic N) is 3. The number of piperazine rings is 1. The van der Waals surface area contributed by atoms with E-state index < -0.39 is 10.0 Å². The first-order valence-corrected chi connectivity index (χ1v) is 10.8. The van der Waals surface area contributed by atoms with Gasteiger partial charge >= 0.3 is 0 Å². The van der Waals surface area contributed by atoms with Gasteiger partial charge in [-0.1, -0.05) is 12.1 Å². The molecule has 1 aromatic heterocycles. The van der Waals surface area contributed by atoms with Crippen molar-refractivity contribution in [2.24, 2.45) is 0 Å². The Morgan fingerprint density at radius 3 is 2.66 bits per heavy atom. The lowest BCUT2D eigenvalue weighted by atomic mass is 10.1. The zero-order chi connectivity index (χ0) is 20.4. The number of nitrogens with one attached hydrogen (secondary N) is 1. The van der Waals surface area contributed by atoms with Crippen molar-refractivity contribution in [3.8, 4) is 11.8 Å². The van der Waals surface area contributed by atoms with Crippen molar-refractivity contribution < 1.29 is 13.2 Å². The smallest absolute Gasteiger partial charge is 0.269 e. The first kappa shape index (κ1) is 19.5. The van der Waals surface area contributed by atoms with E-state index in [2.05, 4.69) is 10.2 Å². The number of benzene rings is 2. The minimum Gasteiger partial charge on any atom is -0.497 e. The second-order valence-electron chi connectivity index (χ2n) is 6.97. The molecule has 0 saturated carbocycles. The largest absolute Gasteiger partial charge is 0.497 e. The third kappa shape index (κ3) is 3.60. The molecule has 0 atom stereocenters. The average Bonchev–Trinajstić information content (AvgIpc) is 3.19. The molecule has 0 amide bonds. The molecule has 1 N–H and O–H groups in total. The summed E-state index contributed by atoms with van der Waals surface area (Å²) >= 11 is 0. The summed E-state index contributed by atoms with van der Waals surface area (Å²) in [7, 11) is -2.35. The number of methoxy groups -OCH3 is 1. The van der Waals surface area contributed by atoms with E-state index in [1.54, 1.807) is 31.5 Å². The van der Waals surface area contributed by atoms with Crippen molar-refractivity contribution in [2.75, 3.05) is 33.3 Å². The van der Waals surface area contributed by atoms with Gasteiger partial charge in [-0.15, -0.1) is 0 Å². The normalized spacial score (nSPS) is 15.3. The summed E-state index contributed by atoms with van der Waals surface area (Å²) in [5.74, 6) is 0.603. The first-order valence-electron chi connectivity index (χ1n) is 9.40. The van der Waals surface area contributed by atoms with E-state index in [-0.39, 0.29) is 10.5 Å². The molecule has 0 radical (unpaired) electrons. The minimum absolute atomic E-state index is 0.00789. The molecule has 0 spiro atoms. The topological polar surface area (TPSA) is 87.4 Å². The number of rotatable bonds is 5. The molecule has 8 heteroatoms. The van der Waals surface area contributed by atoms with E-state index in [9.17, 15) is 13.7 Å². The quantitative estimate of drug-likeness (QED) is 0.694. The summed E-state index contributed by atoms with van der Waals surface area (Å²) in [6, 6.07) is 13.7. The van der Waals surface area contributed by atoms with Crippen molar-refractivity contribution in [3.63, 3.8) is 0 Å². The summed E-state index contributed by atoms with van der Waals surface area (Å²) in [5, 5.41) is 13.5. The number of aromatic nitrogens is 1. The van der Waals surface area contributed by atoms with Gasteiger partial charge in [0.1, 0.15) is 16.7 Å². The summed E-state index contributed by atoms with van der Waals surface area (Å²) in [5.41, 5.74) is 1.68. The predicted octanol–water partition coefficient (Wildman–Crippen LogP) is 2.16. The van der Waals surface area contributed by atoms with E-state index in [4.69, 9.17) is 4.74 Å².